The fourth-order valence-electron chi connectivity index (χ4n) is 1.72. The number of rotatable bonds is 5. The van der Waals surface area contributed by atoms with E-state index in [1.807, 2.05) is 31.2 Å². The minimum Gasteiger partial charge on any atom is -0.493 e. The van der Waals surface area contributed by atoms with Gasteiger partial charge in [-0.3, -0.25) is 4.79 Å². The first-order chi connectivity index (χ1) is 9.63. The molecule has 104 valence electrons. The van der Waals surface area contributed by atoms with Crippen LogP contribution in [0.1, 0.15) is 12.0 Å². The molecular formula is C16H16FNO2. The van der Waals surface area contributed by atoms with Gasteiger partial charge in [-0.1, -0.05) is 12.1 Å². The maximum atomic E-state index is 12.7. The smallest absolute Gasteiger partial charge is 0.227 e. The average molecular weight is 273 g/mol. The average Bonchev–Trinajstić information content (AvgIpc) is 2.41. The van der Waals surface area contributed by atoms with Crippen molar-refractivity contribution in [1.29, 1.82) is 0 Å². The monoisotopic (exact) mass is 273 g/mol. The summed E-state index contributed by atoms with van der Waals surface area (Å²) in [7, 11) is 0. The number of ether oxygens (including phenoxy) is 1. The third kappa shape index (κ3) is 4.39. The molecule has 1 N–H and O–H groups in total. The number of carbonyl (C=O) groups excluding carboxylic acids is 1. The van der Waals surface area contributed by atoms with E-state index >= 15 is 0 Å². The molecule has 0 saturated carbocycles. The first-order valence-corrected chi connectivity index (χ1v) is 6.38. The van der Waals surface area contributed by atoms with E-state index in [-0.39, 0.29) is 18.1 Å². The molecule has 0 heterocycles. The molecule has 3 nitrogen and oxygen atoms in total. The maximum absolute atomic E-state index is 12.7. The molecule has 0 aliphatic carbocycles. The molecule has 20 heavy (non-hydrogen) atoms. The van der Waals surface area contributed by atoms with Gasteiger partial charge in [0.05, 0.1) is 13.0 Å². The minimum absolute atomic E-state index is 0.163. The quantitative estimate of drug-likeness (QED) is 0.904. The largest absolute Gasteiger partial charge is 0.493 e. The van der Waals surface area contributed by atoms with Gasteiger partial charge in [-0.25, -0.2) is 4.39 Å². The van der Waals surface area contributed by atoms with Gasteiger partial charge < -0.3 is 10.1 Å². The maximum Gasteiger partial charge on any atom is 0.227 e. The van der Waals surface area contributed by atoms with Crippen molar-refractivity contribution in [3.63, 3.8) is 0 Å². The van der Waals surface area contributed by atoms with Gasteiger partial charge in [-0.2, -0.15) is 0 Å². The zero-order valence-electron chi connectivity index (χ0n) is 11.2. The van der Waals surface area contributed by atoms with Crippen LogP contribution in [0.25, 0.3) is 0 Å². The standard InChI is InChI=1S/C16H16FNO2/c1-12-3-2-4-15(11-12)20-10-9-16(19)18-14-7-5-13(17)6-8-14/h2-8,11H,9-10H2,1H3,(H,18,19). The van der Waals surface area contributed by atoms with Gasteiger partial charge in [-0.05, 0) is 48.9 Å². The molecule has 0 atom stereocenters. The number of carbonyl (C=O) groups is 1. The first kappa shape index (κ1) is 14.1. The highest BCUT2D eigenvalue weighted by molar-refractivity contribution is 5.90. The molecule has 0 unspecified atom stereocenters. The van der Waals surface area contributed by atoms with Gasteiger partial charge in [0.25, 0.3) is 0 Å². The van der Waals surface area contributed by atoms with Crippen molar-refractivity contribution in [3.8, 4) is 5.75 Å². The number of amides is 1. The zero-order valence-corrected chi connectivity index (χ0v) is 11.2. The summed E-state index contributed by atoms with van der Waals surface area (Å²) in [5.41, 5.74) is 1.69. The molecule has 4 heteroatoms. The summed E-state index contributed by atoms with van der Waals surface area (Å²) in [4.78, 5) is 11.7. The molecule has 0 bridgehead atoms. The summed E-state index contributed by atoms with van der Waals surface area (Å²) in [6, 6.07) is 13.3. The fraction of sp³-hybridized carbons (Fsp3) is 0.188. The molecule has 0 aromatic heterocycles. The van der Waals surface area contributed by atoms with E-state index in [1.165, 1.54) is 24.3 Å². The van der Waals surface area contributed by atoms with E-state index in [0.29, 0.717) is 12.3 Å². The van der Waals surface area contributed by atoms with E-state index < -0.39 is 0 Å². The number of nitrogens with one attached hydrogen (secondary N) is 1. The Balaban J connectivity index is 1.76. The van der Waals surface area contributed by atoms with Gasteiger partial charge in [-0.15, -0.1) is 0 Å². The van der Waals surface area contributed by atoms with Crippen LogP contribution in [0, 0.1) is 12.7 Å². The van der Waals surface area contributed by atoms with E-state index in [0.717, 1.165) is 11.3 Å². The lowest BCUT2D eigenvalue weighted by Gasteiger charge is -2.07. The van der Waals surface area contributed by atoms with Crippen LogP contribution in [0.3, 0.4) is 0 Å². The molecule has 0 radical (unpaired) electrons. The van der Waals surface area contributed by atoms with Gasteiger partial charge in [0.2, 0.25) is 5.91 Å². The molecule has 0 fully saturated rings. The SMILES string of the molecule is Cc1cccc(OCCC(=O)Nc2ccc(F)cc2)c1. The minimum atomic E-state index is -0.328. The third-order valence-electron chi connectivity index (χ3n) is 2.72. The molecule has 1 amide bonds. The predicted molar refractivity (Wildman–Crippen MR) is 76.3 cm³/mol. The van der Waals surface area contributed by atoms with Crippen molar-refractivity contribution in [2.24, 2.45) is 0 Å². The summed E-state index contributed by atoms with van der Waals surface area (Å²) in [6.45, 7) is 2.28. The van der Waals surface area contributed by atoms with Crippen molar-refractivity contribution < 1.29 is 13.9 Å². The molecule has 0 aliphatic heterocycles. The highest BCUT2D eigenvalue weighted by atomic mass is 19.1. The Morgan fingerprint density at radius 1 is 1.20 bits per heavy atom. The molecule has 2 aromatic carbocycles. The second-order valence-electron chi connectivity index (χ2n) is 4.47. The van der Waals surface area contributed by atoms with E-state index in [4.69, 9.17) is 4.74 Å². The van der Waals surface area contributed by atoms with Crippen LogP contribution >= 0.6 is 0 Å². The highest BCUT2D eigenvalue weighted by Gasteiger charge is 2.03. The lowest BCUT2D eigenvalue weighted by Crippen LogP contribution is -2.15. The van der Waals surface area contributed by atoms with Crippen LogP contribution in [-0.2, 0) is 4.79 Å². The summed E-state index contributed by atoms with van der Waals surface area (Å²) in [5, 5.41) is 2.68. The Bertz CT molecular complexity index is 581. The molecule has 0 aliphatic rings. The lowest BCUT2D eigenvalue weighted by molar-refractivity contribution is -0.116. The number of halogens is 1. The molecule has 0 spiro atoms. The van der Waals surface area contributed by atoms with Crippen molar-refractivity contribution in [1.82, 2.24) is 0 Å². The van der Waals surface area contributed by atoms with Crippen molar-refractivity contribution in [2.45, 2.75) is 13.3 Å². The topological polar surface area (TPSA) is 38.3 Å². The molecule has 2 aromatic rings. The van der Waals surface area contributed by atoms with Crippen LogP contribution in [-0.4, -0.2) is 12.5 Å². The van der Waals surface area contributed by atoms with Crippen LogP contribution in [0.15, 0.2) is 48.5 Å². The zero-order chi connectivity index (χ0) is 14.4. The number of hydrogen-bond acceptors (Lipinski definition) is 2. The Kier molecular flexibility index (Phi) is 4.71. The van der Waals surface area contributed by atoms with Crippen LogP contribution in [0.4, 0.5) is 10.1 Å². The second kappa shape index (κ2) is 6.70. The van der Waals surface area contributed by atoms with Crippen molar-refractivity contribution in [3.05, 3.63) is 59.9 Å². The van der Waals surface area contributed by atoms with Crippen LogP contribution < -0.4 is 10.1 Å². The Morgan fingerprint density at radius 3 is 2.65 bits per heavy atom. The Labute approximate surface area is 117 Å². The third-order valence-corrected chi connectivity index (χ3v) is 2.72. The highest BCUT2D eigenvalue weighted by Crippen LogP contribution is 2.13. The molecule has 2 rings (SSSR count). The van der Waals surface area contributed by atoms with Crippen LogP contribution in [0.2, 0.25) is 0 Å². The Morgan fingerprint density at radius 2 is 1.95 bits per heavy atom. The van der Waals surface area contributed by atoms with Crippen molar-refractivity contribution >= 4 is 11.6 Å². The molecule has 0 saturated heterocycles. The van der Waals surface area contributed by atoms with Gasteiger partial charge in [0, 0.05) is 5.69 Å². The second-order valence-corrected chi connectivity index (χ2v) is 4.47. The number of aryl methyl sites for hydroxylation is 1. The van der Waals surface area contributed by atoms with E-state index in [1.54, 1.807) is 0 Å². The van der Waals surface area contributed by atoms with Gasteiger partial charge in [0.15, 0.2) is 0 Å². The summed E-state index contributed by atoms with van der Waals surface area (Å²) in [6.07, 6.45) is 0.241. The molecular weight excluding hydrogens is 257 g/mol. The first-order valence-electron chi connectivity index (χ1n) is 6.38. The summed E-state index contributed by atoms with van der Waals surface area (Å²) >= 11 is 0. The summed E-state index contributed by atoms with van der Waals surface area (Å²) < 4.78 is 18.2. The predicted octanol–water partition coefficient (Wildman–Crippen LogP) is 3.54. The number of hydrogen-bond donors (Lipinski definition) is 1. The van der Waals surface area contributed by atoms with E-state index in [2.05, 4.69) is 5.32 Å². The Hall–Kier alpha value is -2.36. The fourth-order valence-corrected chi connectivity index (χ4v) is 1.72. The number of benzene rings is 2. The van der Waals surface area contributed by atoms with Crippen molar-refractivity contribution in [2.75, 3.05) is 11.9 Å². The van der Waals surface area contributed by atoms with Crippen LogP contribution in [0.5, 0.6) is 5.75 Å². The summed E-state index contributed by atoms with van der Waals surface area (Å²) in [5.74, 6) is 0.259. The van der Waals surface area contributed by atoms with E-state index in [9.17, 15) is 9.18 Å². The lowest BCUT2D eigenvalue weighted by atomic mass is 10.2. The van der Waals surface area contributed by atoms with Gasteiger partial charge in [0.1, 0.15) is 11.6 Å². The number of anilines is 1. The van der Waals surface area contributed by atoms with Gasteiger partial charge >= 0.3 is 0 Å². The normalized spacial score (nSPS) is 10.1.